The van der Waals surface area contributed by atoms with Gasteiger partial charge in [0, 0.05) is 11.1 Å². The van der Waals surface area contributed by atoms with Crippen LogP contribution in [0.4, 0.5) is 0 Å². The Morgan fingerprint density at radius 1 is 0.760 bits per heavy atom. The number of fused-ring (bicyclic) bond motifs is 1. The maximum atomic E-state index is 6.02. The van der Waals surface area contributed by atoms with Gasteiger partial charge in [-0.3, -0.25) is 0 Å². The largest absolute Gasteiger partial charge is 0.436 e. The molecule has 0 saturated heterocycles. The van der Waals surface area contributed by atoms with Crippen LogP contribution in [0.15, 0.2) is 77.3 Å². The first-order valence-corrected chi connectivity index (χ1v) is 8.57. The molecule has 0 bridgehead atoms. The number of benzene rings is 3. The Morgan fingerprint density at radius 2 is 1.44 bits per heavy atom. The third kappa shape index (κ3) is 3.08. The van der Waals surface area contributed by atoms with Gasteiger partial charge in [-0.2, -0.15) is 0 Å². The first kappa shape index (κ1) is 15.6. The second-order valence-electron chi connectivity index (χ2n) is 7.42. The molecule has 4 aromatic rings. The highest BCUT2D eigenvalue weighted by atomic mass is 16.4. The summed E-state index contributed by atoms with van der Waals surface area (Å²) < 4.78 is 6.02. The van der Waals surface area contributed by atoms with Crippen LogP contribution in [0, 0.1) is 0 Å². The molecule has 2 heteroatoms. The van der Waals surface area contributed by atoms with Crippen LogP contribution in [-0.2, 0) is 5.41 Å². The monoisotopic (exact) mass is 327 g/mol. The topological polar surface area (TPSA) is 26.0 Å². The van der Waals surface area contributed by atoms with E-state index in [0.717, 1.165) is 16.9 Å². The Labute approximate surface area is 148 Å². The summed E-state index contributed by atoms with van der Waals surface area (Å²) in [5.74, 6) is 1.45. The normalized spacial score (nSPS) is 11.8. The van der Waals surface area contributed by atoms with E-state index >= 15 is 0 Å². The molecule has 25 heavy (non-hydrogen) atoms. The molecule has 124 valence electrons. The van der Waals surface area contributed by atoms with Crippen molar-refractivity contribution in [3.8, 4) is 22.8 Å². The van der Waals surface area contributed by atoms with Gasteiger partial charge in [0.2, 0.25) is 5.89 Å². The standard InChI is InChI=1S/C23H21NO/c1-23(2,3)20-12-10-17(11-13-20)21-15-24-22(25-21)19-9-8-16-6-4-5-7-18(16)14-19/h4-15H,1-3H3. The van der Waals surface area contributed by atoms with Crippen LogP contribution in [0.3, 0.4) is 0 Å². The molecule has 1 aromatic heterocycles. The van der Waals surface area contributed by atoms with Crippen LogP contribution in [0.25, 0.3) is 33.6 Å². The lowest BCUT2D eigenvalue weighted by Gasteiger charge is -2.18. The fraction of sp³-hybridized carbons (Fsp3) is 0.174. The SMILES string of the molecule is CC(C)(C)c1ccc(-c2cnc(-c3ccc4ccccc4c3)o2)cc1. The molecule has 4 rings (SSSR count). The van der Waals surface area contributed by atoms with Gasteiger partial charge in [-0.1, -0.05) is 75.4 Å². The fourth-order valence-electron chi connectivity index (χ4n) is 3.00. The zero-order valence-corrected chi connectivity index (χ0v) is 14.8. The molecule has 0 unspecified atom stereocenters. The van der Waals surface area contributed by atoms with E-state index in [9.17, 15) is 0 Å². The Morgan fingerprint density at radius 3 is 2.16 bits per heavy atom. The second kappa shape index (κ2) is 5.89. The van der Waals surface area contributed by atoms with Crippen LogP contribution in [0.5, 0.6) is 0 Å². The lowest BCUT2D eigenvalue weighted by molar-refractivity contribution is 0.585. The van der Waals surface area contributed by atoms with E-state index in [0.29, 0.717) is 5.89 Å². The molecule has 0 aliphatic rings. The molecule has 0 spiro atoms. The summed E-state index contributed by atoms with van der Waals surface area (Å²) in [5.41, 5.74) is 3.50. The zero-order chi connectivity index (χ0) is 17.4. The van der Waals surface area contributed by atoms with Crippen LogP contribution < -0.4 is 0 Å². The number of rotatable bonds is 2. The van der Waals surface area contributed by atoms with Crippen molar-refractivity contribution in [1.82, 2.24) is 4.98 Å². The molecular weight excluding hydrogens is 306 g/mol. The number of aromatic nitrogens is 1. The summed E-state index contributed by atoms with van der Waals surface area (Å²) in [6.07, 6.45) is 1.80. The summed E-state index contributed by atoms with van der Waals surface area (Å²) in [4.78, 5) is 4.47. The molecule has 2 nitrogen and oxygen atoms in total. The summed E-state index contributed by atoms with van der Waals surface area (Å²) in [7, 11) is 0. The lowest BCUT2D eigenvalue weighted by atomic mass is 9.86. The molecule has 0 saturated carbocycles. The molecule has 0 N–H and O–H groups in total. The van der Waals surface area contributed by atoms with E-state index in [1.807, 2.05) is 12.1 Å². The Hall–Kier alpha value is -2.87. The van der Waals surface area contributed by atoms with Crippen molar-refractivity contribution in [1.29, 1.82) is 0 Å². The number of nitrogens with zero attached hydrogens (tertiary/aromatic N) is 1. The minimum atomic E-state index is 0.149. The minimum absolute atomic E-state index is 0.149. The van der Waals surface area contributed by atoms with Gasteiger partial charge in [-0.25, -0.2) is 4.98 Å². The Bertz CT molecular complexity index is 1020. The molecule has 0 aliphatic heterocycles. The Balaban J connectivity index is 1.67. The first-order chi connectivity index (χ1) is 12.0. The van der Waals surface area contributed by atoms with Gasteiger partial charge in [-0.05, 0) is 33.9 Å². The van der Waals surface area contributed by atoms with Gasteiger partial charge in [0.05, 0.1) is 6.20 Å². The zero-order valence-electron chi connectivity index (χ0n) is 14.8. The van der Waals surface area contributed by atoms with Crippen molar-refractivity contribution in [2.45, 2.75) is 26.2 Å². The summed E-state index contributed by atoms with van der Waals surface area (Å²) >= 11 is 0. The summed E-state index contributed by atoms with van der Waals surface area (Å²) in [6.45, 7) is 6.65. The predicted octanol–water partition coefficient (Wildman–Crippen LogP) is 6.46. The van der Waals surface area contributed by atoms with Crippen LogP contribution in [-0.4, -0.2) is 4.98 Å². The van der Waals surface area contributed by atoms with E-state index in [-0.39, 0.29) is 5.41 Å². The van der Waals surface area contributed by atoms with E-state index < -0.39 is 0 Å². The van der Waals surface area contributed by atoms with Crippen LogP contribution in [0.2, 0.25) is 0 Å². The van der Waals surface area contributed by atoms with Gasteiger partial charge in [0.1, 0.15) is 0 Å². The van der Waals surface area contributed by atoms with Crippen molar-refractivity contribution < 1.29 is 4.42 Å². The smallest absolute Gasteiger partial charge is 0.226 e. The highest BCUT2D eigenvalue weighted by Gasteiger charge is 2.14. The van der Waals surface area contributed by atoms with Gasteiger partial charge in [0.25, 0.3) is 0 Å². The third-order valence-electron chi connectivity index (χ3n) is 4.54. The van der Waals surface area contributed by atoms with Gasteiger partial charge in [0.15, 0.2) is 5.76 Å². The predicted molar refractivity (Wildman–Crippen MR) is 104 cm³/mol. The number of hydrogen-bond donors (Lipinski definition) is 0. The van der Waals surface area contributed by atoms with Crippen molar-refractivity contribution >= 4 is 10.8 Å². The highest BCUT2D eigenvalue weighted by Crippen LogP contribution is 2.30. The highest BCUT2D eigenvalue weighted by molar-refractivity contribution is 5.86. The molecule has 0 amide bonds. The molecule has 0 fully saturated rings. The molecule has 0 aliphatic carbocycles. The molecule has 0 radical (unpaired) electrons. The summed E-state index contributed by atoms with van der Waals surface area (Å²) in [5, 5.41) is 2.41. The molecular formula is C23H21NO. The molecule has 1 heterocycles. The minimum Gasteiger partial charge on any atom is -0.436 e. The average molecular weight is 327 g/mol. The van der Waals surface area contributed by atoms with Crippen molar-refractivity contribution in [2.75, 3.05) is 0 Å². The van der Waals surface area contributed by atoms with Crippen LogP contribution in [0.1, 0.15) is 26.3 Å². The maximum absolute atomic E-state index is 6.02. The fourth-order valence-corrected chi connectivity index (χ4v) is 3.00. The second-order valence-corrected chi connectivity index (χ2v) is 7.42. The quantitative estimate of drug-likeness (QED) is 0.422. The molecule has 3 aromatic carbocycles. The van der Waals surface area contributed by atoms with Crippen molar-refractivity contribution in [2.24, 2.45) is 0 Å². The summed E-state index contributed by atoms with van der Waals surface area (Å²) in [6, 6.07) is 23.1. The first-order valence-electron chi connectivity index (χ1n) is 8.57. The number of hydrogen-bond acceptors (Lipinski definition) is 2. The van der Waals surface area contributed by atoms with E-state index in [1.54, 1.807) is 6.20 Å². The van der Waals surface area contributed by atoms with Gasteiger partial charge < -0.3 is 4.42 Å². The van der Waals surface area contributed by atoms with E-state index in [2.05, 4.69) is 80.4 Å². The van der Waals surface area contributed by atoms with Crippen LogP contribution >= 0.6 is 0 Å². The Kier molecular flexibility index (Phi) is 3.69. The van der Waals surface area contributed by atoms with Crippen molar-refractivity contribution in [3.05, 3.63) is 78.5 Å². The van der Waals surface area contributed by atoms with Gasteiger partial charge >= 0.3 is 0 Å². The van der Waals surface area contributed by atoms with E-state index in [4.69, 9.17) is 4.42 Å². The average Bonchev–Trinajstić information content (AvgIpc) is 3.11. The van der Waals surface area contributed by atoms with Crippen molar-refractivity contribution in [3.63, 3.8) is 0 Å². The van der Waals surface area contributed by atoms with E-state index in [1.165, 1.54) is 16.3 Å². The number of oxazole rings is 1. The molecule has 0 atom stereocenters. The third-order valence-corrected chi connectivity index (χ3v) is 4.54. The maximum Gasteiger partial charge on any atom is 0.226 e. The lowest BCUT2D eigenvalue weighted by Crippen LogP contribution is -2.10. The van der Waals surface area contributed by atoms with Gasteiger partial charge in [-0.15, -0.1) is 0 Å².